The van der Waals surface area contributed by atoms with Crippen LogP contribution in [0.1, 0.15) is 13.3 Å². The second-order valence-electron chi connectivity index (χ2n) is 2.56. The molecule has 0 spiro atoms. The number of hydrogen-bond donors (Lipinski definition) is 0. The Morgan fingerprint density at radius 1 is 1.70 bits per heavy atom. The van der Waals surface area contributed by atoms with Gasteiger partial charge in [0, 0.05) is 0 Å². The minimum atomic E-state index is -0.831. The second-order valence-corrected chi connectivity index (χ2v) is 2.56. The molecule has 0 saturated carbocycles. The quantitative estimate of drug-likeness (QED) is 0.481. The van der Waals surface area contributed by atoms with Crippen LogP contribution < -0.4 is 0 Å². The van der Waals surface area contributed by atoms with Crippen molar-refractivity contribution in [1.29, 1.82) is 0 Å². The topological polar surface area (TPSA) is 0 Å². The van der Waals surface area contributed by atoms with Gasteiger partial charge >= 0.3 is 60.5 Å². The van der Waals surface area contributed by atoms with Gasteiger partial charge in [0.25, 0.3) is 0 Å². The normalized spacial score (nSPS) is 24.8. The van der Waals surface area contributed by atoms with E-state index in [1.165, 1.54) is 0 Å². The van der Waals surface area contributed by atoms with Crippen LogP contribution in [0.15, 0.2) is 23.2 Å². The molecule has 1 unspecified atom stereocenters. The zero-order valence-corrected chi connectivity index (χ0v) is 6.10. The number of alkyl halides is 1. The molecule has 0 fully saturated rings. The average molecular weight is 136 g/mol. The van der Waals surface area contributed by atoms with Gasteiger partial charge in [-0.2, -0.15) is 0 Å². The third-order valence-corrected chi connectivity index (χ3v) is 1.66. The standard InChI is InChI=1S/C8H10BF/c1-6-3-4-7(9-2)8(10)5-6/h3-4,8H,2,5H2,1H3. The van der Waals surface area contributed by atoms with Gasteiger partial charge in [-0.25, -0.2) is 0 Å². The number of hydrogen-bond acceptors (Lipinski definition) is 0. The van der Waals surface area contributed by atoms with Crippen molar-refractivity contribution in [3.05, 3.63) is 23.2 Å². The first-order valence-electron chi connectivity index (χ1n) is 3.38. The van der Waals surface area contributed by atoms with Crippen molar-refractivity contribution in [2.45, 2.75) is 19.5 Å². The summed E-state index contributed by atoms with van der Waals surface area (Å²) in [6.07, 6.45) is 3.42. The van der Waals surface area contributed by atoms with Crippen molar-refractivity contribution in [3.8, 4) is 0 Å². The van der Waals surface area contributed by atoms with E-state index in [1.807, 2.05) is 13.0 Å². The summed E-state index contributed by atoms with van der Waals surface area (Å²) in [7, 11) is 0. The van der Waals surface area contributed by atoms with E-state index >= 15 is 0 Å². The van der Waals surface area contributed by atoms with E-state index in [-0.39, 0.29) is 0 Å². The van der Waals surface area contributed by atoms with Crippen molar-refractivity contribution >= 4 is 13.4 Å². The van der Waals surface area contributed by atoms with Crippen molar-refractivity contribution in [2.75, 3.05) is 0 Å². The molecule has 0 N–H and O–H groups in total. The Hall–Kier alpha value is -0.655. The van der Waals surface area contributed by atoms with Gasteiger partial charge in [-0.05, 0) is 0 Å². The molecule has 0 heterocycles. The summed E-state index contributed by atoms with van der Waals surface area (Å²) >= 11 is 0. The molecule has 0 bridgehead atoms. The van der Waals surface area contributed by atoms with Crippen LogP contribution in [0, 0.1) is 0 Å². The van der Waals surface area contributed by atoms with Crippen LogP contribution in [0.3, 0.4) is 0 Å². The van der Waals surface area contributed by atoms with Crippen molar-refractivity contribution < 1.29 is 4.39 Å². The summed E-state index contributed by atoms with van der Waals surface area (Å²) in [5.74, 6) is 0. The zero-order valence-electron chi connectivity index (χ0n) is 6.10. The van der Waals surface area contributed by atoms with E-state index in [0.29, 0.717) is 11.9 Å². The molecule has 0 aromatic carbocycles. The molecule has 2 heteroatoms. The van der Waals surface area contributed by atoms with Gasteiger partial charge < -0.3 is 0 Å². The molecule has 0 radical (unpaired) electrons. The summed E-state index contributed by atoms with van der Waals surface area (Å²) in [6, 6.07) is 0. The molecule has 10 heavy (non-hydrogen) atoms. The fourth-order valence-electron chi connectivity index (χ4n) is 1.01. The van der Waals surface area contributed by atoms with E-state index in [4.69, 9.17) is 0 Å². The Balaban J connectivity index is 2.81. The number of rotatable bonds is 1. The fraction of sp³-hybridized carbons (Fsp3) is 0.375. The maximum atomic E-state index is 12.9. The third kappa shape index (κ3) is 1.44. The van der Waals surface area contributed by atoms with Gasteiger partial charge in [0.1, 0.15) is 0 Å². The van der Waals surface area contributed by atoms with Gasteiger partial charge in [0.2, 0.25) is 0 Å². The van der Waals surface area contributed by atoms with Gasteiger partial charge in [-0.1, -0.05) is 0 Å². The van der Waals surface area contributed by atoms with E-state index in [9.17, 15) is 4.39 Å². The SMILES string of the molecule is C=BC1=CC=C(C)CC1F. The first kappa shape index (κ1) is 7.45. The Morgan fingerprint density at radius 2 is 2.40 bits per heavy atom. The Morgan fingerprint density at radius 3 is 2.90 bits per heavy atom. The van der Waals surface area contributed by atoms with E-state index in [2.05, 4.69) is 6.47 Å². The van der Waals surface area contributed by atoms with Crippen LogP contribution in [0.4, 0.5) is 4.39 Å². The van der Waals surface area contributed by atoms with Crippen LogP contribution in [0.5, 0.6) is 0 Å². The predicted octanol–water partition coefficient (Wildman–Crippen LogP) is 1.69. The Bertz CT molecular complexity index is 203. The molecule has 0 nitrogen and oxygen atoms in total. The minimum absolute atomic E-state index is 0.526. The Labute approximate surface area is 61.3 Å². The fourth-order valence-corrected chi connectivity index (χ4v) is 1.01. The summed E-state index contributed by atoms with van der Waals surface area (Å²) in [4.78, 5) is 0. The van der Waals surface area contributed by atoms with Crippen LogP contribution >= 0.6 is 0 Å². The molecule has 1 atom stereocenters. The molecular formula is C8H10BF. The van der Waals surface area contributed by atoms with Gasteiger partial charge in [-0.15, -0.1) is 0 Å². The molecule has 1 aliphatic rings. The maximum absolute atomic E-state index is 12.9. The van der Waals surface area contributed by atoms with E-state index in [1.54, 1.807) is 13.0 Å². The first-order valence-corrected chi connectivity index (χ1v) is 3.38. The molecular weight excluding hydrogens is 126 g/mol. The van der Waals surface area contributed by atoms with Gasteiger partial charge in [-0.3, -0.25) is 0 Å². The summed E-state index contributed by atoms with van der Waals surface area (Å²) in [5.41, 5.74) is 1.80. The third-order valence-electron chi connectivity index (χ3n) is 1.66. The van der Waals surface area contributed by atoms with E-state index < -0.39 is 6.17 Å². The molecule has 52 valence electrons. The van der Waals surface area contributed by atoms with Crippen molar-refractivity contribution in [3.63, 3.8) is 0 Å². The summed E-state index contributed by atoms with van der Waals surface area (Å²) in [5, 5.41) is 0. The average Bonchev–Trinajstić information content (AvgIpc) is 1.88. The summed E-state index contributed by atoms with van der Waals surface area (Å²) in [6.45, 7) is 7.03. The molecule has 1 rings (SSSR count). The molecule has 0 aromatic heterocycles. The molecule has 0 amide bonds. The predicted molar refractivity (Wildman–Crippen MR) is 44.2 cm³/mol. The number of allylic oxidation sites excluding steroid dienone is 4. The van der Waals surface area contributed by atoms with Crippen molar-refractivity contribution in [1.82, 2.24) is 0 Å². The zero-order chi connectivity index (χ0) is 7.56. The van der Waals surface area contributed by atoms with Gasteiger partial charge in [0.15, 0.2) is 0 Å². The van der Waals surface area contributed by atoms with E-state index in [0.717, 1.165) is 5.57 Å². The van der Waals surface area contributed by atoms with Crippen LogP contribution in [-0.2, 0) is 0 Å². The molecule has 0 aliphatic heterocycles. The molecule has 0 aromatic rings. The van der Waals surface area contributed by atoms with Crippen molar-refractivity contribution in [2.24, 2.45) is 0 Å². The molecule has 0 saturated heterocycles. The van der Waals surface area contributed by atoms with Crippen LogP contribution in [-0.4, -0.2) is 19.6 Å². The Kier molecular flexibility index (Phi) is 2.20. The summed E-state index contributed by atoms with van der Waals surface area (Å²) < 4.78 is 12.9. The molecule has 1 aliphatic carbocycles. The monoisotopic (exact) mass is 136 g/mol. The second kappa shape index (κ2) is 2.95. The van der Waals surface area contributed by atoms with Crippen LogP contribution in [0.2, 0.25) is 0 Å². The van der Waals surface area contributed by atoms with Gasteiger partial charge in [0.05, 0.1) is 0 Å². The first-order chi connectivity index (χ1) is 4.74. The van der Waals surface area contributed by atoms with Crippen LogP contribution in [0.25, 0.3) is 0 Å². The number of halogens is 1.